The molecule has 3 rings (SSSR count). The van der Waals surface area contributed by atoms with E-state index in [1.165, 1.54) is 12.1 Å². The first-order valence-electron chi connectivity index (χ1n) is 8.61. The second kappa shape index (κ2) is 8.41. The van der Waals surface area contributed by atoms with Crippen LogP contribution in [0.2, 0.25) is 0 Å². The van der Waals surface area contributed by atoms with Crippen LogP contribution in [0.5, 0.6) is 0 Å². The SMILES string of the molecule is C[NH+](CC(=O)Nc1cccc(F)c1)C(c1ccccc1)c1ccccc1. The standard InChI is InChI=1S/C22H21FN2O/c1-25(16-21(26)24-20-14-8-13-19(23)15-20)22(17-9-4-2-5-10-17)18-11-6-3-7-12-18/h2-15,22H,16H2,1H3,(H,24,26)/p+1. The van der Waals surface area contributed by atoms with Crippen LogP contribution in [-0.4, -0.2) is 19.5 Å². The van der Waals surface area contributed by atoms with Crippen molar-refractivity contribution >= 4 is 11.6 Å². The van der Waals surface area contributed by atoms with E-state index in [1.54, 1.807) is 12.1 Å². The summed E-state index contributed by atoms with van der Waals surface area (Å²) in [5.74, 6) is -0.514. The van der Waals surface area contributed by atoms with Crippen molar-refractivity contribution < 1.29 is 14.1 Å². The fraction of sp³-hybridized carbons (Fsp3) is 0.136. The minimum atomic E-state index is -0.366. The summed E-state index contributed by atoms with van der Waals surface area (Å²) in [5, 5.41) is 2.77. The van der Waals surface area contributed by atoms with Crippen molar-refractivity contribution in [3.05, 3.63) is 102 Å². The van der Waals surface area contributed by atoms with Crippen molar-refractivity contribution in [3.8, 4) is 0 Å². The molecule has 3 nitrogen and oxygen atoms in total. The lowest BCUT2D eigenvalue weighted by Gasteiger charge is -2.25. The van der Waals surface area contributed by atoms with Crippen molar-refractivity contribution in [1.29, 1.82) is 0 Å². The van der Waals surface area contributed by atoms with E-state index in [1.807, 2.05) is 43.4 Å². The van der Waals surface area contributed by atoms with Crippen LogP contribution in [0.15, 0.2) is 84.9 Å². The summed E-state index contributed by atoms with van der Waals surface area (Å²) in [5.41, 5.74) is 2.77. The molecule has 0 saturated carbocycles. The van der Waals surface area contributed by atoms with Gasteiger partial charge < -0.3 is 10.2 Å². The summed E-state index contributed by atoms with van der Waals surface area (Å²) in [6.07, 6.45) is 0. The van der Waals surface area contributed by atoms with Crippen molar-refractivity contribution in [1.82, 2.24) is 0 Å². The van der Waals surface area contributed by atoms with Gasteiger partial charge in [-0.1, -0.05) is 66.7 Å². The predicted octanol–water partition coefficient (Wildman–Crippen LogP) is 3.07. The summed E-state index contributed by atoms with van der Waals surface area (Å²) < 4.78 is 13.3. The van der Waals surface area contributed by atoms with Gasteiger partial charge in [-0.2, -0.15) is 0 Å². The number of halogens is 1. The monoisotopic (exact) mass is 349 g/mol. The first-order valence-corrected chi connectivity index (χ1v) is 8.61. The maximum Gasteiger partial charge on any atom is 0.279 e. The second-order valence-electron chi connectivity index (χ2n) is 6.34. The Balaban J connectivity index is 1.77. The van der Waals surface area contributed by atoms with Gasteiger partial charge >= 0.3 is 0 Å². The van der Waals surface area contributed by atoms with Crippen LogP contribution in [0.4, 0.5) is 10.1 Å². The van der Waals surface area contributed by atoms with Gasteiger partial charge in [-0.3, -0.25) is 4.79 Å². The smallest absolute Gasteiger partial charge is 0.279 e. The number of amides is 1. The molecule has 132 valence electrons. The Labute approximate surface area is 153 Å². The fourth-order valence-corrected chi connectivity index (χ4v) is 3.18. The molecule has 0 aliphatic heterocycles. The summed E-state index contributed by atoms with van der Waals surface area (Å²) in [6.45, 7) is 0.269. The minimum absolute atomic E-state index is 0.0376. The third kappa shape index (κ3) is 4.55. The maximum absolute atomic E-state index is 13.3. The van der Waals surface area contributed by atoms with E-state index in [2.05, 4.69) is 29.6 Å². The number of rotatable bonds is 6. The molecular formula is C22H22FN2O+. The zero-order valence-corrected chi connectivity index (χ0v) is 14.7. The number of carbonyl (C=O) groups excluding carboxylic acids is 1. The van der Waals surface area contributed by atoms with Gasteiger partial charge in [-0.15, -0.1) is 0 Å². The molecule has 3 aromatic carbocycles. The third-order valence-electron chi connectivity index (χ3n) is 4.31. The van der Waals surface area contributed by atoms with Crippen LogP contribution in [0, 0.1) is 5.82 Å². The van der Waals surface area contributed by atoms with Crippen molar-refractivity contribution in [2.24, 2.45) is 0 Å². The molecule has 0 heterocycles. The van der Waals surface area contributed by atoms with Gasteiger partial charge in [-0.05, 0) is 18.2 Å². The molecule has 4 heteroatoms. The zero-order chi connectivity index (χ0) is 18.4. The summed E-state index contributed by atoms with van der Waals surface area (Å²) in [4.78, 5) is 13.5. The van der Waals surface area contributed by atoms with Crippen molar-refractivity contribution in [2.45, 2.75) is 6.04 Å². The highest BCUT2D eigenvalue weighted by molar-refractivity contribution is 5.91. The van der Waals surface area contributed by atoms with Gasteiger partial charge in [0.1, 0.15) is 11.9 Å². The molecule has 1 amide bonds. The number of carbonyl (C=O) groups is 1. The van der Waals surface area contributed by atoms with Gasteiger partial charge in [0, 0.05) is 16.8 Å². The van der Waals surface area contributed by atoms with Crippen molar-refractivity contribution in [2.75, 3.05) is 18.9 Å². The van der Waals surface area contributed by atoms with Gasteiger partial charge in [-0.25, -0.2) is 4.39 Å². The number of hydrogen-bond donors (Lipinski definition) is 2. The largest absolute Gasteiger partial charge is 0.321 e. The fourth-order valence-electron chi connectivity index (χ4n) is 3.18. The van der Waals surface area contributed by atoms with Crippen LogP contribution in [-0.2, 0) is 4.79 Å². The highest BCUT2D eigenvalue weighted by Gasteiger charge is 2.24. The number of hydrogen-bond acceptors (Lipinski definition) is 1. The maximum atomic E-state index is 13.3. The highest BCUT2D eigenvalue weighted by atomic mass is 19.1. The van der Waals surface area contributed by atoms with Crippen LogP contribution in [0.3, 0.4) is 0 Å². The lowest BCUT2D eigenvalue weighted by atomic mass is 9.97. The van der Waals surface area contributed by atoms with Gasteiger partial charge in [0.05, 0.1) is 7.05 Å². The highest BCUT2D eigenvalue weighted by Crippen LogP contribution is 2.18. The van der Waals surface area contributed by atoms with E-state index < -0.39 is 0 Å². The van der Waals surface area contributed by atoms with E-state index in [-0.39, 0.29) is 24.3 Å². The van der Waals surface area contributed by atoms with Crippen LogP contribution >= 0.6 is 0 Å². The lowest BCUT2D eigenvalue weighted by molar-refractivity contribution is -0.897. The Morgan fingerprint density at radius 1 is 0.923 bits per heavy atom. The molecule has 1 atom stereocenters. The molecule has 0 spiro atoms. The quantitative estimate of drug-likeness (QED) is 0.705. The van der Waals surface area contributed by atoms with E-state index in [0.717, 1.165) is 16.0 Å². The normalized spacial score (nSPS) is 12.0. The number of nitrogens with one attached hydrogen (secondary N) is 2. The van der Waals surface area contributed by atoms with Crippen LogP contribution in [0.25, 0.3) is 0 Å². The predicted molar refractivity (Wildman–Crippen MR) is 102 cm³/mol. The Hall–Kier alpha value is -2.98. The second-order valence-corrected chi connectivity index (χ2v) is 6.34. The van der Waals surface area contributed by atoms with E-state index >= 15 is 0 Å². The van der Waals surface area contributed by atoms with Gasteiger partial charge in [0.2, 0.25) is 0 Å². The molecule has 2 N–H and O–H groups in total. The summed E-state index contributed by atoms with van der Waals surface area (Å²) >= 11 is 0. The molecule has 0 fully saturated rings. The van der Waals surface area contributed by atoms with Crippen molar-refractivity contribution in [3.63, 3.8) is 0 Å². The van der Waals surface area contributed by atoms with E-state index in [4.69, 9.17) is 0 Å². The number of anilines is 1. The van der Waals surface area contributed by atoms with E-state index in [9.17, 15) is 9.18 Å². The first-order chi connectivity index (χ1) is 12.6. The Kier molecular flexibility index (Phi) is 5.77. The molecule has 0 radical (unpaired) electrons. The molecule has 0 aromatic heterocycles. The first kappa shape index (κ1) is 17.8. The lowest BCUT2D eigenvalue weighted by Crippen LogP contribution is -3.10. The number of benzene rings is 3. The minimum Gasteiger partial charge on any atom is -0.321 e. The van der Waals surface area contributed by atoms with E-state index in [0.29, 0.717) is 5.69 Å². The molecule has 0 saturated heterocycles. The average molecular weight is 349 g/mol. The van der Waals surface area contributed by atoms with Gasteiger partial charge in [0.25, 0.3) is 5.91 Å². The Bertz CT molecular complexity index is 813. The molecule has 1 unspecified atom stereocenters. The number of likely N-dealkylation sites (N-methyl/N-ethyl adjacent to an activating group) is 1. The number of quaternary nitrogens is 1. The van der Waals surface area contributed by atoms with Gasteiger partial charge in [0.15, 0.2) is 6.54 Å². The molecule has 26 heavy (non-hydrogen) atoms. The Morgan fingerprint density at radius 2 is 1.50 bits per heavy atom. The third-order valence-corrected chi connectivity index (χ3v) is 4.31. The Morgan fingerprint density at radius 3 is 2.04 bits per heavy atom. The molecule has 0 aliphatic rings. The summed E-state index contributed by atoms with van der Waals surface area (Å²) in [6, 6.07) is 26.3. The summed E-state index contributed by atoms with van der Waals surface area (Å²) in [7, 11) is 2.00. The molecule has 3 aromatic rings. The topological polar surface area (TPSA) is 33.5 Å². The zero-order valence-electron chi connectivity index (χ0n) is 14.7. The molecule has 0 aliphatic carbocycles. The molecular weight excluding hydrogens is 327 g/mol. The molecule has 0 bridgehead atoms. The van der Waals surface area contributed by atoms with Crippen LogP contribution < -0.4 is 10.2 Å². The van der Waals surface area contributed by atoms with Crippen LogP contribution in [0.1, 0.15) is 17.2 Å². The average Bonchev–Trinajstić information content (AvgIpc) is 2.63.